The van der Waals surface area contributed by atoms with E-state index in [0.29, 0.717) is 32.8 Å². The lowest BCUT2D eigenvalue weighted by Gasteiger charge is -2.31. The quantitative estimate of drug-likeness (QED) is 0.868. The lowest BCUT2D eigenvalue weighted by atomic mass is 9.96. The van der Waals surface area contributed by atoms with Gasteiger partial charge in [-0.15, -0.1) is 0 Å². The van der Waals surface area contributed by atoms with Gasteiger partial charge >= 0.3 is 0 Å². The van der Waals surface area contributed by atoms with Gasteiger partial charge in [-0.1, -0.05) is 30.3 Å². The van der Waals surface area contributed by atoms with Crippen molar-refractivity contribution in [3.63, 3.8) is 0 Å². The molecule has 2 aromatic rings. The standard InChI is InChI=1S/C19H24N4O2/c1-15(18-14-20-7-8-21-18)22-13-17(16-5-3-2-4-6-16)19(24)23-9-11-25-12-10-23/h2-8,14-15,17,22H,9-13H2,1H3/t15-,17-/m1/s1. The number of hydrogen-bond donors (Lipinski definition) is 1. The first-order valence-electron chi connectivity index (χ1n) is 8.66. The number of amides is 1. The Morgan fingerprint density at radius 1 is 1.24 bits per heavy atom. The molecule has 1 aromatic carbocycles. The molecule has 1 amide bonds. The molecule has 6 nitrogen and oxygen atoms in total. The van der Waals surface area contributed by atoms with E-state index < -0.39 is 0 Å². The Morgan fingerprint density at radius 3 is 2.68 bits per heavy atom. The van der Waals surface area contributed by atoms with Crippen molar-refractivity contribution in [3.8, 4) is 0 Å². The summed E-state index contributed by atoms with van der Waals surface area (Å²) < 4.78 is 5.37. The van der Waals surface area contributed by atoms with E-state index in [1.165, 1.54) is 0 Å². The largest absolute Gasteiger partial charge is 0.378 e. The first kappa shape index (κ1) is 17.5. The molecule has 1 saturated heterocycles. The topological polar surface area (TPSA) is 67.4 Å². The number of nitrogens with zero attached hydrogens (tertiary/aromatic N) is 3. The minimum atomic E-state index is -0.224. The molecule has 2 atom stereocenters. The van der Waals surface area contributed by atoms with Gasteiger partial charge in [0.15, 0.2) is 0 Å². The molecule has 6 heteroatoms. The smallest absolute Gasteiger partial charge is 0.231 e. The van der Waals surface area contributed by atoms with Crippen LogP contribution in [0.3, 0.4) is 0 Å². The maximum Gasteiger partial charge on any atom is 0.231 e. The number of nitrogens with one attached hydrogen (secondary N) is 1. The van der Waals surface area contributed by atoms with E-state index in [2.05, 4.69) is 15.3 Å². The Kier molecular flexibility index (Phi) is 6.09. The van der Waals surface area contributed by atoms with Gasteiger partial charge < -0.3 is 15.0 Å². The SMILES string of the molecule is C[C@@H](NC[C@@H](C(=O)N1CCOCC1)c1ccccc1)c1cnccn1. The number of rotatable bonds is 6. The molecule has 0 spiro atoms. The zero-order chi connectivity index (χ0) is 17.5. The van der Waals surface area contributed by atoms with Crippen LogP contribution in [0.4, 0.5) is 0 Å². The third-order valence-electron chi connectivity index (χ3n) is 4.48. The van der Waals surface area contributed by atoms with Gasteiger partial charge in [0.05, 0.1) is 24.8 Å². The summed E-state index contributed by atoms with van der Waals surface area (Å²) in [6.07, 6.45) is 5.09. The summed E-state index contributed by atoms with van der Waals surface area (Å²) in [5.41, 5.74) is 1.89. The van der Waals surface area contributed by atoms with E-state index in [1.54, 1.807) is 18.6 Å². The summed E-state index contributed by atoms with van der Waals surface area (Å²) >= 11 is 0. The molecule has 0 radical (unpaired) electrons. The second kappa shape index (κ2) is 8.69. The molecule has 1 fully saturated rings. The number of benzene rings is 1. The van der Waals surface area contributed by atoms with Gasteiger partial charge in [-0.3, -0.25) is 14.8 Å². The fourth-order valence-corrected chi connectivity index (χ4v) is 2.97. The van der Waals surface area contributed by atoms with Gasteiger partial charge in [-0.2, -0.15) is 0 Å². The molecule has 2 heterocycles. The number of morpholine rings is 1. The molecule has 1 aliphatic heterocycles. The average molecular weight is 340 g/mol. The number of carbonyl (C=O) groups is 1. The lowest BCUT2D eigenvalue weighted by Crippen LogP contribution is -2.45. The fraction of sp³-hybridized carbons (Fsp3) is 0.421. The summed E-state index contributed by atoms with van der Waals surface area (Å²) in [6.45, 7) is 5.11. The predicted molar refractivity (Wildman–Crippen MR) is 95.0 cm³/mol. The van der Waals surface area contributed by atoms with E-state index in [1.807, 2.05) is 42.2 Å². The molecule has 25 heavy (non-hydrogen) atoms. The molecule has 1 aromatic heterocycles. The average Bonchev–Trinajstić information content (AvgIpc) is 2.70. The first-order chi connectivity index (χ1) is 12.3. The van der Waals surface area contributed by atoms with Gasteiger partial charge in [-0.05, 0) is 12.5 Å². The Bertz CT molecular complexity index is 660. The maximum absolute atomic E-state index is 13.1. The van der Waals surface area contributed by atoms with E-state index in [0.717, 1.165) is 11.3 Å². The Hall–Kier alpha value is -2.31. The minimum Gasteiger partial charge on any atom is -0.378 e. The summed E-state index contributed by atoms with van der Waals surface area (Å²) in [5, 5.41) is 3.44. The number of ether oxygens (including phenoxy) is 1. The van der Waals surface area contributed by atoms with Crippen LogP contribution in [0, 0.1) is 0 Å². The van der Waals surface area contributed by atoms with Crippen molar-refractivity contribution in [2.75, 3.05) is 32.8 Å². The molecule has 1 N–H and O–H groups in total. The number of aromatic nitrogens is 2. The zero-order valence-corrected chi connectivity index (χ0v) is 14.5. The van der Waals surface area contributed by atoms with E-state index in [-0.39, 0.29) is 17.9 Å². The highest BCUT2D eigenvalue weighted by Crippen LogP contribution is 2.20. The van der Waals surface area contributed by atoms with Crippen LogP contribution < -0.4 is 5.32 Å². The second-order valence-corrected chi connectivity index (χ2v) is 6.16. The molecule has 1 aliphatic rings. The summed E-state index contributed by atoms with van der Waals surface area (Å²) in [7, 11) is 0. The second-order valence-electron chi connectivity index (χ2n) is 6.16. The molecule has 0 aliphatic carbocycles. The van der Waals surface area contributed by atoms with Gasteiger partial charge in [0, 0.05) is 44.3 Å². The molecule has 0 unspecified atom stereocenters. The van der Waals surface area contributed by atoms with Crippen LogP contribution in [0.25, 0.3) is 0 Å². The fourth-order valence-electron chi connectivity index (χ4n) is 2.97. The Labute approximate surface area is 148 Å². The van der Waals surface area contributed by atoms with E-state index >= 15 is 0 Å². The van der Waals surface area contributed by atoms with E-state index in [4.69, 9.17) is 4.74 Å². The van der Waals surface area contributed by atoms with Crippen LogP contribution in [0.1, 0.15) is 30.1 Å². The molecule has 3 rings (SSSR count). The van der Waals surface area contributed by atoms with Crippen LogP contribution in [-0.2, 0) is 9.53 Å². The van der Waals surface area contributed by atoms with Gasteiger partial charge in [0.1, 0.15) is 0 Å². The van der Waals surface area contributed by atoms with Gasteiger partial charge in [-0.25, -0.2) is 0 Å². The Morgan fingerprint density at radius 2 is 2.00 bits per heavy atom. The first-order valence-corrected chi connectivity index (χ1v) is 8.66. The Balaban J connectivity index is 1.71. The van der Waals surface area contributed by atoms with Crippen molar-refractivity contribution in [1.82, 2.24) is 20.2 Å². The van der Waals surface area contributed by atoms with Crippen molar-refractivity contribution < 1.29 is 9.53 Å². The minimum absolute atomic E-state index is 0.0254. The molecular weight excluding hydrogens is 316 g/mol. The normalized spacial score (nSPS) is 17.1. The van der Waals surface area contributed by atoms with Crippen molar-refractivity contribution in [3.05, 3.63) is 60.2 Å². The van der Waals surface area contributed by atoms with Crippen LogP contribution >= 0.6 is 0 Å². The van der Waals surface area contributed by atoms with Crippen molar-refractivity contribution in [1.29, 1.82) is 0 Å². The summed E-state index contributed by atoms with van der Waals surface area (Å²) in [6, 6.07) is 9.96. The predicted octanol–water partition coefficient (Wildman–Crippen LogP) is 1.77. The summed E-state index contributed by atoms with van der Waals surface area (Å²) in [4.78, 5) is 23.4. The number of carbonyl (C=O) groups excluding carboxylic acids is 1. The molecular formula is C19H24N4O2. The number of hydrogen-bond acceptors (Lipinski definition) is 5. The van der Waals surface area contributed by atoms with Gasteiger partial charge in [0.2, 0.25) is 5.91 Å². The highest BCUT2D eigenvalue weighted by atomic mass is 16.5. The van der Waals surface area contributed by atoms with Crippen molar-refractivity contribution >= 4 is 5.91 Å². The molecule has 0 bridgehead atoms. The van der Waals surface area contributed by atoms with Gasteiger partial charge in [0.25, 0.3) is 0 Å². The highest BCUT2D eigenvalue weighted by molar-refractivity contribution is 5.84. The highest BCUT2D eigenvalue weighted by Gasteiger charge is 2.27. The third-order valence-corrected chi connectivity index (χ3v) is 4.48. The third kappa shape index (κ3) is 4.61. The lowest BCUT2D eigenvalue weighted by molar-refractivity contribution is -0.136. The summed E-state index contributed by atoms with van der Waals surface area (Å²) in [5.74, 6) is -0.0771. The van der Waals surface area contributed by atoms with Crippen LogP contribution in [0.5, 0.6) is 0 Å². The zero-order valence-electron chi connectivity index (χ0n) is 14.5. The molecule has 0 saturated carbocycles. The molecule has 132 valence electrons. The van der Waals surface area contributed by atoms with Crippen LogP contribution in [0.2, 0.25) is 0 Å². The van der Waals surface area contributed by atoms with E-state index in [9.17, 15) is 4.79 Å². The van der Waals surface area contributed by atoms with Crippen molar-refractivity contribution in [2.24, 2.45) is 0 Å². The monoisotopic (exact) mass is 340 g/mol. The maximum atomic E-state index is 13.1. The van der Waals surface area contributed by atoms with Crippen LogP contribution in [-0.4, -0.2) is 53.6 Å². The van der Waals surface area contributed by atoms with Crippen molar-refractivity contribution in [2.45, 2.75) is 18.9 Å². The van der Waals surface area contributed by atoms with Crippen LogP contribution in [0.15, 0.2) is 48.9 Å².